The highest BCUT2D eigenvalue weighted by Crippen LogP contribution is 2.17. The van der Waals surface area contributed by atoms with E-state index in [1.807, 2.05) is 0 Å². The van der Waals surface area contributed by atoms with Crippen molar-refractivity contribution in [2.24, 2.45) is 5.92 Å². The van der Waals surface area contributed by atoms with E-state index in [0.717, 1.165) is 26.2 Å². The third-order valence-corrected chi connectivity index (χ3v) is 2.74. The van der Waals surface area contributed by atoms with E-state index in [4.69, 9.17) is 16.3 Å². The van der Waals surface area contributed by atoms with Gasteiger partial charge < -0.3 is 10.1 Å². The Morgan fingerprint density at radius 2 is 2.33 bits per heavy atom. The number of aromatic nitrogens is 2. The number of hydrogen-bond donors (Lipinski definition) is 1. The molecule has 1 aromatic rings. The van der Waals surface area contributed by atoms with Crippen LogP contribution in [-0.4, -0.2) is 29.7 Å². The number of hydrogen-bond acceptors (Lipinski definition) is 4. The molecule has 0 saturated carbocycles. The average Bonchev–Trinajstić information content (AvgIpc) is 2.29. The first-order chi connectivity index (χ1) is 7.36. The summed E-state index contributed by atoms with van der Waals surface area (Å²) in [5.41, 5.74) is 0. The Balaban J connectivity index is 1.84. The first-order valence-corrected chi connectivity index (χ1v) is 5.52. The summed E-state index contributed by atoms with van der Waals surface area (Å²) < 4.78 is 5.39. The van der Waals surface area contributed by atoms with E-state index in [1.54, 1.807) is 12.4 Å². The number of ether oxygens (including phenoxy) is 1. The van der Waals surface area contributed by atoms with E-state index < -0.39 is 0 Å². The third kappa shape index (κ3) is 3.04. The third-order valence-electron chi connectivity index (χ3n) is 2.47. The van der Waals surface area contributed by atoms with Gasteiger partial charge in [0.2, 0.25) is 0 Å². The summed E-state index contributed by atoms with van der Waals surface area (Å²) in [5.74, 6) is 1.21. The molecule has 1 saturated heterocycles. The molecule has 0 amide bonds. The maximum absolute atomic E-state index is 5.87. The molecule has 1 aromatic heterocycles. The van der Waals surface area contributed by atoms with Crippen LogP contribution in [0.15, 0.2) is 12.4 Å². The first kappa shape index (κ1) is 10.6. The summed E-state index contributed by atoms with van der Waals surface area (Å²) in [4.78, 5) is 8.07. The lowest BCUT2D eigenvalue weighted by molar-refractivity contribution is 0.0595. The fourth-order valence-electron chi connectivity index (χ4n) is 1.65. The summed E-state index contributed by atoms with van der Waals surface area (Å²) in [6, 6.07) is 0. The number of nitrogens with one attached hydrogen (secondary N) is 1. The molecule has 1 aliphatic rings. The molecule has 0 aliphatic carbocycles. The molecular weight excluding hydrogens is 214 g/mol. The number of nitrogens with zero attached hydrogens (tertiary/aromatic N) is 2. The maximum atomic E-state index is 5.87. The van der Waals surface area contributed by atoms with E-state index in [2.05, 4.69) is 15.3 Å². The van der Waals surface area contributed by atoms with E-state index in [9.17, 15) is 0 Å². The minimum absolute atomic E-state index is 0.425. The molecule has 15 heavy (non-hydrogen) atoms. The second-order valence-corrected chi connectivity index (χ2v) is 4.02. The molecule has 1 N–H and O–H groups in total. The van der Waals surface area contributed by atoms with E-state index in [-0.39, 0.29) is 0 Å². The molecule has 1 unspecified atom stereocenters. The smallest absolute Gasteiger partial charge is 0.171 e. The lowest BCUT2D eigenvalue weighted by Gasteiger charge is -2.22. The molecule has 1 atom stereocenters. The molecule has 2 rings (SSSR count). The van der Waals surface area contributed by atoms with Crippen molar-refractivity contribution < 1.29 is 4.74 Å². The van der Waals surface area contributed by atoms with E-state index in [0.29, 0.717) is 16.9 Å². The van der Waals surface area contributed by atoms with Crippen LogP contribution in [0.1, 0.15) is 12.8 Å². The van der Waals surface area contributed by atoms with Crippen molar-refractivity contribution in [2.75, 3.05) is 25.1 Å². The van der Waals surface area contributed by atoms with Crippen molar-refractivity contribution in [3.8, 4) is 0 Å². The van der Waals surface area contributed by atoms with Crippen LogP contribution in [0.2, 0.25) is 5.15 Å². The Labute approximate surface area is 94.0 Å². The van der Waals surface area contributed by atoms with Gasteiger partial charge in [0, 0.05) is 25.5 Å². The van der Waals surface area contributed by atoms with Crippen LogP contribution < -0.4 is 5.32 Å². The summed E-state index contributed by atoms with van der Waals surface area (Å²) in [6.45, 7) is 2.56. The van der Waals surface area contributed by atoms with Crippen LogP contribution in [0.3, 0.4) is 0 Å². The molecule has 82 valence electrons. The second-order valence-electron chi connectivity index (χ2n) is 3.66. The van der Waals surface area contributed by atoms with Crippen LogP contribution in [0.4, 0.5) is 5.82 Å². The molecule has 0 bridgehead atoms. The molecule has 0 aromatic carbocycles. The van der Waals surface area contributed by atoms with Gasteiger partial charge in [-0.1, -0.05) is 11.6 Å². The van der Waals surface area contributed by atoms with Gasteiger partial charge in [-0.25, -0.2) is 9.97 Å². The van der Waals surface area contributed by atoms with Gasteiger partial charge in [0.25, 0.3) is 0 Å². The molecule has 1 aliphatic heterocycles. The summed E-state index contributed by atoms with van der Waals surface area (Å²) in [7, 11) is 0. The summed E-state index contributed by atoms with van der Waals surface area (Å²) in [6.07, 6.45) is 5.55. The summed E-state index contributed by atoms with van der Waals surface area (Å²) >= 11 is 5.87. The molecule has 5 heteroatoms. The first-order valence-electron chi connectivity index (χ1n) is 5.14. The van der Waals surface area contributed by atoms with Crippen molar-refractivity contribution in [1.29, 1.82) is 0 Å². The second kappa shape index (κ2) is 5.28. The van der Waals surface area contributed by atoms with Gasteiger partial charge in [0.05, 0.1) is 6.61 Å². The van der Waals surface area contributed by atoms with E-state index in [1.165, 1.54) is 6.42 Å². The average molecular weight is 228 g/mol. The Kier molecular flexibility index (Phi) is 3.75. The summed E-state index contributed by atoms with van der Waals surface area (Å²) in [5, 5.41) is 3.62. The van der Waals surface area contributed by atoms with Crippen LogP contribution in [0, 0.1) is 5.92 Å². The largest absolute Gasteiger partial charge is 0.381 e. The van der Waals surface area contributed by atoms with Gasteiger partial charge in [-0.3, -0.25) is 0 Å². The van der Waals surface area contributed by atoms with Gasteiger partial charge in [0.15, 0.2) is 11.0 Å². The van der Waals surface area contributed by atoms with Crippen LogP contribution >= 0.6 is 11.6 Å². The van der Waals surface area contributed by atoms with E-state index >= 15 is 0 Å². The number of anilines is 1. The molecule has 0 spiro atoms. The normalized spacial score (nSPS) is 21.3. The number of halogens is 1. The minimum atomic E-state index is 0.425. The van der Waals surface area contributed by atoms with Gasteiger partial charge in [0.1, 0.15) is 0 Å². The fraction of sp³-hybridized carbons (Fsp3) is 0.600. The molecule has 1 fully saturated rings. The zero-order valence-corrected chi connectivity index (χ0v) is 9.20. The van der Waals surface area contributed by atoms with Crippen molar-refractivity contribution in [3.05, 3.63) is 17.5 Å². The Hall–Kier alpha value is -0.870. The van der Waals surface area contributed by atoms with Crippen LogP contribution in [-0.2, 0) is 4.74 Å². The lowest BCUT2D eigenvalue weighted by atomic mass is 10.0. The Morgan fingerprint density at radius 3 is 3.07 bits per heavy atom. The Bertz CT molecular complexity index is 315. The van der Waals surface area contributed by atoms with Gasteiger partial charge in [-0.15, -0.1) is 0 Å². The topological polar surface area (TPSA) is 47.0 Å². The van der Waals surface area contributed by atoms with Gasteiger partial charge in [-0.2, -0.15) is 0 Å². The highest BCUT2D eigenvalue weighted by Gasteiger charge is 2.14. The van der Waals surface area contributed by atoms with Crippen molar-refractivity contribution in [3.63, 3.8) is 0 Å². The minimum Gasteiger partial charge on any atom is -0.381 e. The predicted octanol–water partition coefficient (Wildman–Crippen LogP) is 1.97. The molecule has 2 heterocycles. The SMILES string of the molecule is Clc1nccnc1NCC1CCCOC1. The molecule has 0 radical (unpaired) electrons. The standard InChI is InChI=1S/C10H14ClN3O/c11-9-10(13-4-3-12-9)14-6-8-2-1-5-15-7-8/h3-4,8H,1-2,5-7H2,(H,13,14). The van der Waals surface area contributed by atoms with Crippen molar-refractivity contribution in [2.45, 2.75) is 12.8 Å². The monoisotopic (exact) mass is 227 g/mol. The predicted molar refractivity (Wildman–Crippen MR) is 59.1 cm³/mol. The fourth-order valence-corrected chi connectivity index (χ4v) is 1.82. The van der Waals surface area contributed by atoms with Crippen LogP contribution in [0.5, 0.6) is 0 Å². The zero-order valence-electron chi connectivity index (χ0n) is 8.45. The quantitative estimate of drug-likeness (QED) is 0.858. The number of rotatable bonds is 3. The highest BCUT2D eigenvalue weighted by molar-refractivity contribution is 6.31. The Morgan fingerprint density at radius 1 is 1.47 bits per heavy atom. The lowest BCUT2D eigenvalue weighted by Crippen LogP contribution is -2.24. The molecule has 4 nitrogen and oxygen atoms in total. The molecular formula is C10H14ClN3O. The maximum Gasteiger partial charge on any atom is 0.171 e. The van der Waals surface area contributed by atoms with Crippen molar-refractivity contribution >= 4 is 17.4 Å². The van der Waals surface area contributed by atoms with Gasteiger partial charge in [-0.05, 0) is 18.8 Å². The zero-order chi connectivity index (χ0) is 10.5. The van der Waals surface area contributed by atoms with Crippen molar-refractivity contribution in [1.82, 2.24) is 9.97 Å². The highest BCUT2D eigenvalue weighted by atomic mass is 35.5. The van der Waals surface area contributed by atoms with Gasteiger partial charge >= 0.3 is 0 Å². The van der Waals surface area contributed by atoms with Crippen LogP contribution in [0.25, 0.3) is 0 Å².